The van der Waals surface area contributed by atoms with Gasteiger partial charge in [-0.15, -0.1) is 10.2 Å². The zero-order chi connectivity index (χ0) is 23.0. The Morgan fingerprint density at radius 3 is 1.15 bits per heavy atom. The van der Waals surface area contributed by atoms with Crippen molar-refractivity contribution in [3.8, 4) is 50.9 Å². The van der Waals surface area contributed by atoms with Gasteiger partial charge in [0.1, 0.15) is 28.6 Å². The third kappa shape index (κ3) is 5.12. The molecule has 0 atom stereocenters. The van der Waals surface area contributed by atoms with E-state index >= 15 is 0 Å². The molecule has 0 amide bonds. The summed E-state index contributed by atoms with van der Waals surface area (Å²) in [6.07, 6.45) is 0. The fraction of sp³-hybridized carbons (Fsp3) is 0.222. The number of aromatic nitrogens is 3. The summed E-state index contributed by atoms with van der Waals surface area (Å²) in [7, 11) is 0. The molecule has 1 heterocycles. The molecule has 0 saturated heterocycles. The van der Waals surface area contributed by atoms with Gasteiger partial charge in [0.05, 0.1) is 19.8 Å². The number of nitrogens with zero attached hydrogens (tertiary/aromatic N) is 3. The third-order valence-electron chi connectivity index (χ3n) is 5.09. The van der Waals surface area contributed by atoms with Crippen LogP contribution in [-0.2, 0) is 0 Å². The van der Waals surface area contributed by atoms with E-state index in [0.29, 0.717) is 19.8 Å². The summed E-state index contributed by atoms with van der Waals surface area (Å²) in [4.78, 5) is 0. The Morgan fingerprint density at radius 2 is 0.818 bits per heavy atom. The van der Waals surface area contributed by atoms with Gasteiger partial charge in [-0.25, -0.2) is 0 Å². The van der Waals surface area contributed by atoms with Gasteiger partial charge in [0.2, 0.25) is 0 Å². The van der Waals surface area contributed by atoms with E-state index in [1.165, 1.54) is 0 Å². The van der Waals surface area contributed by atoms with E-state index in [1.54, 1.807) is 0 Å². The maximum absolute atomic E-state index is 5.63. The van der Waals surface area contributed by atoms with Crippen LogP contribution in [0.25, 0.3) is 33.6 Å². The molecular formula is C27H27N3O3. The Labute approximate surface area is 194 Å². The second kappa shape index (κ2) is 10.6. The molecule has 4 aromatic rings. The molecule has 6 heteroatoms. The summed E-state index contributed by atoms with van der Waals surface area (Å²) >= 11 is 0. The predicted molar refractivity (Wildman–Crippen MR) is 130 cm³/mol. The van der Waals surface area contributed by atoms with Crippen LogP contribution in [0.1, 0.15) is 20.8 Å². The molecule has 0 bridgehead atoms. The van der Waals surface area contributed by atoms with Crippen molar-refractivity contribution in [2.75, 3.05) is 19.8 Å². The highest BCUT2D eigenvalue weighted by atomic mass is 16.5. The van der Waals surface area contributed by atoms with Crippen LogP contribution in [0.4, 0.5) is 0 Å². The topological polar surface area (TPSA) is 66.4 Å². The number of rotatable bonds is 9. The van der Waals surface area contributed by atoms with Crippen molar-refractivity contribution >= 4 is 0 Å². The second-order valence-corrected chi connectivity index (χ2v) is 7.23. The average molecular weight is 442 g/mol. The first-order valence-electron chi connectivity index (χ1n) is 11.2. The smallest absolute Gasteiger partial charge is 0.119 e. The molecule has 0 N–H and O–H groups in total. The van der Waals surface area contributed by atoms with Crippen molar-refractivity contribution in [2.24, 2.45) is 0 Å². The van der Waals surface area contributed by atoms with E-state index in [0.717, 1.165) is 50.9 Å². The molecule has 0 aliphatic rings. The van der Waals surface area contributed by atoms with Crippen LogP contribution >= 0.6 is 0 Å². The van der Waals surface area contributed by atoms with E-state index in [1.807, 2.05) is 93.6 Å². The molecule has 168 valence electrons. The van der Waals surface area contributed by atoms with Crippen molar-refractivity contribution in [3.63, 3.8) is 0 Å². The lowest BCUT2D eigenvalue weighted by Crippen LogP contribution is -2.01. The first kappa shape index (κ1) is 22.3. The van der Waals surface area contributed by atoms with E-state index < -0.39 is 0 Å². The van der Waals surface area contributed by atoms with Gasteiger partial charge in [0.15, 0.2) is 0 Å². The lowest BCUT2D eigenvalue weighted by Gasteiger charge is -2.14. The lowest BCUT2D eigenvalue weighted by molar-refractivity contribution is 0.340. The van der Waals surface area contributed by atoms with Gasteiger partial charge in [0.25, 0.3) is 0 Å². The largest absolute Gasteiger partial charge is 0.494 e. The maximum Gasteiger partial charge on any atom is 0.119 e. The Bertz CT molecular complexity index is 1110. The van der Waals surface area contributed by atoms with Crippen molar-refractivity contribution in [3.05, 3.63) is 72.8 Å². The standard InChI is InChI=1S/C27H27N3O3/c1-4-31-22-13-7-19(8-14-22)25-26(20-9-15-23(16-10-20)32-5-2)28-30-29-27(25)21-11-17-24(18-12-21)33-6-3/h7-18H,4-6H2,1-3H3. The third-order valence-corrected chi connectivity index (χ3v) is 5.09. The molecule has 3 aromatic carbocycles. The fourth-order valence-electron chi connectivity index (χ4n) is 3.64. The van der Waals surface area contributed by atoms with Crippen molar-refractivity contribution in [1.82, 2.24) is 15.4 Å². The normalized spacial score (nSPS) is 10.6. The molecule has 1 aromatic heterocycles. The second-order valence-electron chi connectivity index (χ2n) is 7.23. The van der Waals surface area contributed by atoms with Crippen molar-refractivity contribution in [2.45, 2.75) is 20.8 Å². The molecular weight excluding hydrogens is 414 g/mol. The zero-order valence-electron chi connectivity index (χ0n) is 19.1. The zero-order valence-corrected chi connectivity index (χ0v) is 19.1. The molecule has 0 aliphatic heterocycles. The Morgan fingerprint density at radius 1 is 0.485 bits per heavy atom. The van der Waals surface area contributed by atoms with Crippen LogP contribution in [0.5, 0.6) is 17.2 Å². The number of hydrogen-bond donors (Lipinski definition) is 0. The predicted octanol–water partition coefficient (Wildman–Crippen LogP) is 6.07. The molecule has 4 rings (SSSR count). The first-order chi connectivity index (χ1) is 16.2. The minimum Gasteiger partial charge on any atom is -0.494 e. The highest BCUT2D eigenvalue weighted by molar-refractivity contribution is 5.90. The molecule has 0 fully saturated rings. The van der Waals surface area contributed by atoms with Gasteiger partial charge in [-0.1, -0.05) is 12.1 Å². The Hall–Kier alpha value is -3.93. The van der Waals surface area contributed by atoms with Crippen LogP contribution in [0, 0.1) is 0 Å². The van der Waals surface area contributed by atoms with Crippen LogP contribution in [0.2, 0.25) is 0 Å². The van der Waals surface area contributed by atoms with Crippen LogP contribution in [0.3, 0.4) is 0 Å². The highest BCUT2D eigenvalue weighted by Gasteiger charge is 2.18. The number of hydrogen-bond acceptors (Lipinski definition) is 6. The lowest BCUT2D eigenvalue weighted by atomic mass is 9.95. The van der Waals surface area contributed by atoms with E-state index in [4.69, 9.17) is 14.2 Å². The monoisotopic (exact) mass is 441 g/mol. The maximum atomic E-state index is 5.63. The highest BCUT2D eigenvalue weighted by Crippen LogP contribution is 2.38. The summed E-state index contributed by atoms with van der Waals surface area (Å²) in [6, 6.07) is 23.7. The van der Waals surface area contributed by atoms with Crippen molar-refractivity contribution < 1.29 is 14.2 Å². The minimum absolute atomic E-state index is 0.618. The number of ether oxygens (including phenoxy) is 3. The Balaban J connectivity index is 1.84. The van der Waals surface area contributed by atoms with E-state index in [-0.39, 0.29) is 0 Å². The Kier molecular flexibility index (Phi) is 7.15. The summed E-state index contributed by atoms with van der Waals surface area (Å²) < 4.78 is 16.8. The molecule has 0 aliphatic carbocycles. The van der Waals surface area contributed by atoms with Gasteiger partial charge in [0, 0.05) is 16.7 Å². The fourth-order valence-corrected chi connectivity index (χ4v) is 3.64. The summed E-state index contributed by atoms with van der Waals surface area (Å²) in [5.74, 6) is 2.46. The van der Waals surface area contributed by atoms with Gasteiger partial charge < -0.3 is 14.2 Å². The SMILES string of the molecule is CCOc1ccc(-c2nnnc(-c3ccc(OCC)cc3)c2-c2ccc(OCC)cc2)cc1. The average Bonchev–Trinajstić information content (AvgIpc) is 2.86. The molecule has 6 nitrogen and oxygen atoms in total. The molecule has 33 heavy (non-hydrogen) atoms. The van der Waals surface area contributed by atoms with Crippen LogP contribution in [0.15, 0.2) is 72.8 Å². The van der Waals surface area contributed by atoms with Crippen LogP contribution in [-0.4, -0.2) is 35.2 Å². The minimum atomic E-state index is 0.618. The van der Waals surface area contributed by atoms with Gasteiger partial charge in [-0.3, -0.25) is 0 Å². The number of benzene rings is 3. The molecule has 0 saturated carbocycles. The molecule has 0 radical (unpaired) electrons. The quantitative estimate of drug-likeness (QED) is 0.314. The van der Waals surface area contributed by atoms with Gasteiger partial charge in [-0.2, -0.15) is 0 Å². The summed E-state index contributed by atoms with van der Waals surface area (Å²) in [5.41, 5.74) is 5.26. The van der Waals surface area contributed by atoms with Crippen molar-refractivity contribution in [1.29, 1.82) is 0 Å². The van der Waals surface area contributed by atoms with Crippen LogP contribution < -0.4 is 14.2 Å². The molecule has 0 spiro atoms. The van der Waals surface area contributed by atoms with Gasteiger partial charge >= 0.3 is 0 Å². The van der Waals surface area contributed by atoms with E-state index in [9.17, 15) is 0 Å². The molecule has 0 unspecified atom stereocenters. The first-order valence-corrected chi connectivity index (χ1v) is 11.2. The van der Waals surface area contributed by atoms with E-state index in [2.05, 4.69) is 15.4 Å². The van der Waals surface area contributed by atoms with Gasteiger partial charge in [-0.05, 0) is 92.2 Å². The summed E-state index contributed by atoms with van der Waals surface area (Å²) in [6.45, 7) is 7.76. The summed E-state index contributed by atoms with van der Waals surface area (Å²) in [5, 5.41) is 13.0.